The van der Waals surface area contributed by atoms with Crippen LogP contribution >= 0.6 is 0 Å². The summed E-state index contributed by atoms with van der Waals surface area (Å²) in [5, 5.41) is 3.26. The van der Waals surface area contributed by atoms with E-state index in [1.165, 1.54) is 5.56 Å². The monoisotopic (exact) mass is 227 g/mol. The molecule has 5 heteroatoms. The Hall–Kier alpha value is -1.09. The molecule has 1 aliphatic rings. The summed E-state index contributed by atoms with van der Waals surface area (Å²) in [5.41, 5.74) is -0.361. The average molecular weight is 227 g/mol. The fourth-order valence-corrected chi connectivity index (χ4v) is 1.94. The molecule has 86 valence electrons. The second-order valence-electron chi connectivity index (χ2n) is 4.30. The third-order valence-electron chi connectivity index (χ3n) is 2.93. The Bertz CT molecular complexity index is 405. The molecular formula is C12H15B2NO2. The van der Waals surface area contributed by atoms with Crippen molar-refractivity contribution in [1.82, 2.24) is 5.32 Å². The lowest BCUT2D eigenvalue weighted by atomic mass is 9.76. The number of fused-ring (bicyclic) bond motifs is 1. The molecule has 1 atom stereocenters. The Morgan fingerprint density at radius 1 is 1.29 bits per heavy atom. The minimum absolute atomic E-state index is 0.455. The van der Waals surface area contributed by atoms with Crippen molar-refractivity contribution in [3.63, 3.8) is 0 Å². The Kier molecular flexibility index (Phi) is 3.38. The first-order chi connectivity index (χ1) is 8.04. The van der Waals surface area contributed by atoms with E-state index < -0.39 is 5.59 Å². The number of nitrogens with one attached hydrogen (secondary N) is 1. The van der Waals surface area contributed by atoms with E-state index in [1.807, 2.05) is 25.2 Å². The van der Waals surface area contributed by atoms with Crippen LogP contribution in [0.2, 0.25) is 0 Å². The lowest BCUT2D eigenvalue weighted by Gasteiger charge is -2.18. The molecule has 1 aromatic carbocycles. The second-order valence-corrected chi connectivity index (χ2v) is 4.30. The molecule has 1 aromatic rings. The molecule has 0 saturated carbocycles. The molecule has 2 rings (SSSR count). The lowest BCUT2D eigenvalue weighted by Crippen LogP contribution is -2.39. The number of hydrogen-bond donors (Lipinski definition) is 1. The average Bonchev–Trinajstić information content (AvgIpc) is 2.58. The maximum Gasteiger partial charge on any atom is 0.175 e. The molecule has 4 radical (unpaired) electrons. The number of likely N-dealkylation sites (N-methyl/N-ethyl adjacent to an activating group) is 1. The van der Waals surface area contributed by atoms with Crippen molar-refractivity contribution in [2.75, 3.05) is 7.05 Å². The third kappa shape index (κ3) is 2.78. The van der Waals surface area contributed by atoms with Crippen LogP contribution in [0, 0.1) is 0 Å². The summed E-state index contributed by atoms with van der Waals surface area (Å²) in [6.07, 6.45) is 2.01. The highest BCUT2D eigenvalue weighted by Crippen LogP contribution is 2.37. The quantitative estimate of drug-likeness (QED) is 0.776. The Morgan fingerprint density at radius 2 is 2.00 bits per heavy atom. The molecule has 0 aliphatic carbocycles. The zero-order chi connectivity index (χ0) is 12.5. The fourth-order valence-electron chi connectivity index (χ4n) is 1.94. The molecule has 0 amide bonds. The Labute approximate surface area is 105 Å². The molecule has 1 aliphatic heterocycles. The van der Waals surface area contributed by atoms with Crippen molar-refractivity contribution < 1.29 is 9.47 Å². The molecule has 17 heavy (non-hydrogen) atoms. The van der Waals surface area contributed by atoms with Gasteiger partial charge in [-0.1, -0.05) is 13.0 Å². The minimum Gasteiger partial charge on any atom is -0.468 e. The summed E-state index contributed by atoms with van der Waals surface area (Å²) in [6, 6.07) is 6.23. The maximum atomic E-state index is 5.55. The van der Waals surface area contributed by atoms with Crippen LogP contribution in [0.15, 0.2) is 18.2 Å². The topological polar surface area (TPSA) is 30.5 Å². The predicted octanol–water partition coefficient (Wildman–Crippen LogP) is 0.947. The van der Waals surface area contributed by atoms with E-state index in [-0.39, 0.29) is 0 Å². The first-order valence-electron chi connectivity index (χ1n) is 5.80. The van der Waals surface area contributed by atoms with E-state index in [4.69, 9.17) is 25.2 Å². The van der Waals surface area contributed by atoms with E-state index >= 15 is 0 Å². The molecule has 0 unspecified atom stereocenters. The van der Waals surface area contributed by atoms with Gasteiger partial charge in [0.05, 0.1) is 0 Å². The molecule has 0 aromatic heterocycles. The van der Waals surface area contributed by atoms with Gasteiger partial charge in [-0.25, -0.2) is 0 Å². The SMILES string of the molecule is [B]C1([B])Oc2ccc(C[C@@H](CC)NC)cc2O1. The van der Waals surface area contributed by atoms with E-state index in [0.717, 1.165) is 12.8 Å². The van der Waals surface area contributed by atoms with Gasteiger partial charge < -0.3 is 14.8 Å². The van der Waals surface area contributed by atoms with Gasteiger partial charge in [-0.2, -0.15) is 0 Å². The smallest absolute Gasteiger partial charge is 0.175 e. The van der Waals surface area contributed by atoms with Gasteiger partial charge in [-0.15, -0.1) is 0 Å². The summed E-state index contributed by atoms with van der Waals surface area (Å²) in [4.78, 5) is 0. The molecule has 0 bridgehead atoms. The highest BCUT2D eigenvalue weighted by molar-refractivity contribution is 6.38. The summed E-state index contributed by atoms with van der Waals surface area (Å²) in [6.45, 7) is 2.15. The highest BCUT2D eigenvalue weighted by Gasteiger charge is 2.30. The number of benzene rings is 1. The Balaban J connectivity index is 2.13. The number of rotatable bonds is 4. The molecular weight excluding hydrogens is 212 g/mol. The van der Waals surface area contributed by atoms with E-state index in [0.29, 0.717) is 17.5 Å². The van der Waals surface area contributed by atoms with Crippen LogP contribution in [-0.4, -0.2) is 34.4 Å². The first kappa shape index (κ1) is 12.4. The first-order valence-corrected chi connectivity index (χ1v) is 5.80. The number of hydrogen-bond acceptors (Lipinski definition) is 3. The van der Waals surface area contributed by atoms with Gasteiger partial charge in [0.2, 0.25) is 0 Å². The molecule has 1 N–H and O–H groups in total. The van der Waals surface area contributed by atoms with E-state index in [9.17, 15) is 0 Å². The number of ether oxygens (including phenoxy) is 2. The largest absolute Gasteiger partial charge is 0.468 e. The molecule has 3 nitrogen and oxygen atoms in total. The third-order valence-corrected chi connectivity index (χ3v) is 2.93. The van der Waals surface area contributed by atoms with Gasteiger partial charge in [0, 0.05) is 6.04 Å². The van der Waals surface area contributed by atoms with Gasteiger partial charge in [0.15, 0.2) is 32.8 Å². The summed E-state index contributed by atoms with van der Waals surface area (Å²) in [7, 11) is 13.1. The highest BCUT2D eigenvalue weighted by atomic mass is 16.7. The lowest BCUT2D eigenvalue weighted by molar-refractivity contribution is 0.0833. The molecule has 0 fully saturated rings. The van der Waals surface area contributed by atoms with Gasteiger partial charge in [0.1, 0.15) is 0 Å². The Morgan fingerprint density at radius 3 is 2.65 bits per heavy atom. The zero-order valence-electron chi connectivity index (χ0n) is 10.2. The minimum atomic E-state index is -1.53. The van der Waals surface area contributed by atoms with Crippen LogP contribution < -0.4 is 14.8 Å². The summed E-state index contributed by atoms with van der Waals surface area (Å²) >= 11 is 0. The van der Waals surface area contributed by atoms with Gasteiger partial charge in [-0.3, -0.25) is 0 Å². The van der Waals surface area contributed by atoms with E-state index in [1.54, 1.807) is 0 Å². The van der Waals surface area contributed by atoms with Crippen molar-refractivity contribution in [1.29, 1.82) is 0 Å². The van der Waals surface area contributed by atoms with Crippen LogP contribution in [0.4, 0.5) is 0 Å². The fraction of sp³-hybridized carbons (Fsp3) is 0.500. The van der Waals surface area contributed by atoms with Crippen LogP contribution in [-0.2, 0) is 6.42 Å². The van der Waals surface area contributed by atoms with Crippen LogP contribution in [0.5, 0.6) is 11.5 Å². The summed E-state index contributed by atoms with van der Waals surface area (Å²) in [5.74, 6) is 1.20. The van der Waals surface area contributed by atoms with Crippen molar-refractivity contribution in [3.05, 3.63) is 23.8 Å². The van der Waals surface area contributed by atoms with Gasteiger partial charge >= 0.3 is 0 Å². The van der Waals surface area contributed by atoms with Gasteiger partial charge in [-0.05, 0) is 37.6 Å². The van der Waals surface area contributed by atoms with E-state index in [2.05, 4.69) is 12.2 Å². The zero-order valence-corrected chi connectivity index (χ0v) is 10.2. The predicted molar refractivity (Wildman–Crippen MR) is 68.8 cm³/mol. The van der Waals surface area contributed by atoms with Crippen molar-refractivity contribution in [2.24, 2.45) is 0 Å². The van der Waals surface area contributed by atoms with Crippen LogP contribution in [0.25, 0.3) is 0 Å². The van der Waals surface area contributed by atoms with Crippen molar-refractivity contribution in [3.8, 4) is 11.5 Å². The molecule has 0 saturated heterocycles. The second kappa shape index (κ2) is 4.65. The maximum absolute atomic E-state index is 5.55. The van der Waals surface area contributed by atoms with Crippen LogP contribution in [0.3, 0.4) is 0 Å². The standard InChI is InChI=1S/C12H15B2NO2/c1-3-9(15-2)6-8-4-5-10-11(7-8)17-12(13,14)16-10/h4-5,7,9,15H,3,6H2,1-2H3/t9-/m1/s1. The molecule has 0 spiro atoms. The van der Waals surface area contributed by atoms with Crippen molar-refractivity contribution >= 4 is 15.7 Å². The van der Waals surface area contributed by atoms with Crippen molar-refractivity contribution in [2.45, 2.75) is 31.4 Å². The van der Waals surface area contributed by atoms with Crippen LogP contribution in [0.1, 0.15) is 18.9 Å². The molecule has 1 heterocycles. The van der Waals surface area contributed by atoms with Gasteiger partial charge in [0.25, 0.3) is 0 Å². The summed E-state index contributed by atoms with van der Waals surface area (Å²) < 4.78 is 10.5. The normalized spacial score (nSPS) is 18.0.